The molecule has 1 aliphatic heterocycles. The number of carboxylic acid groups (broad SMARTS) is 1. The number of piperazine rings is 1. The van der Waals surface area contributed by atoms with Crippen molar-refractivity contribution in [1.29, 1.82) is 0 Å². The minimum absolute atomic E-state index is 0.0506. The van der Waals surface area contributed by atoms with Gasteiger partial charge in [0.25, 0.3) is 0 Å². The van der Waals surface area contributed by atoms with Gasteiger partial charge >= 0.3 is 12.0 Å². The van der Waals surface area contributed by atoms with Crippen molar-refractivity contribution < 1.29 is 14.7 Å². The van der Waals surface area contributed by atoms with E-state index in [1.807, 2.05) is 20.8 Å². The van der Waals surface area contributed by atoms with E-state index in [1.54, 1.807) is 4.90 Å². The van der Waals surface area contributed by atoms with Gasteiger partial charge in [0.2, 0.25) is 0 Å². The second-order valence-corrected chi connectivity index (χ2v) is 6.79. The molecular weight excluding hydrogens is 270 g/mol. The number of hydrogen-bond donors (Lipinski definition) is 2. The maximum absolute atomic E-state index is 12.3. The monoisotopic (exact) mass is 299 g/mol. The van der Waals surface area contributed by atoms with Crippen LogP contribution in [-0.2, 0) is 4.79 Å². The summed E-state index contributed by atoms with van der Waals surface area (Å²) in [6.45, 7) is 12.2. The van der Waals surface area contributed by atoms with Gasteiger partial charge in [-0.15, -0.1) is 0 Å². The molecule has 0 aromatic rings. The van der Waals surface area contributed by atoms with Crippen molar-refractivity contribution in [1.82, 2.24) is 15.1 Å². The number of rotatable bonds is 5. The zero-order valence-corrected chi connectivity index (χ0v) is 13.7. The fourth-order valence-corrected chi connectivity index (χ4v) is 2.48. The second-order valence-electron chi connectivity index (χ2n) is 6.79. The lowest BCUT2D eigenvalue weighted by atomic mass is 9.85. The van der Waals surface area contributed by atoms with Crippen molar-refractivity contribution in [2.24, 2.45) is 5.41 Å². The Balaban J connectivity index is 2.53. The number of carboxylic acids is 1. The first-order chi connectivity index (χ1) is 9.74. The van der Waals surface area contributed by atoms with Gasteiger partial charge in [-0.25, -0.2) is 4.79 Å². The molecule has 0 saturated carbocycles. The molecule has 0 aliphatic carbocycles. The van der Waals surface area contributed by atoms with E-state index in [0.29, 0.717) is 13.1 Å². The van der Waals surface area contributed by atoms with Crippen molar-refractivity contribution in [2.75, 3.05) is 32.7 Å². The van der Waals surface area contributed by atoms with E-state index in [4.69, 9.17) is 5.11 Å². The van der Waals surface area contributed by atoms with Crippen LogP contribution in [0.5, 0.6) is 0 Å². The Morgan fingerprint density at radius 2 is 1.76 bits per heavy atom. The van der Waals surface area contributed by atoms with Gasteiger partial charge in [-0.3, -0.25) is 9.69 Å². The number of aliphatic carboxylic acids is 1. The van der Waals surface area contributed by atoms with Crippen LogP contribution in [0.25, 0.3) is 0 Å². The summed E-state index contributed by atoms with van der Waals surface area (Å²) in [5.41, 5.74) is -0.280. The van der Waals surface area contributed by atoms with Crippen molar-refractivity contribution in [3.05, 3.63) is 0 Å². The highest BCUT2D eigenvalue weighted by atomic mass is 16.4. The number of carbonyl (C=O) groups excluding carboxylic acids is 1. The van der Waals surface area contributed by atoms with Gasteiger partial charge in [-0.1, -0.05) is 27.7 Å². The Morgan fingerprint density at radius 3 is 2.19 bits per heavy atom. The quantitative estimate of drug-likeness (QED) is 0.809. The molecule has 0 aromatic carbocycles. The van der Waals surface area contributed by atoms with Crippen molar-refractivity contribution in [2.45, 2.75) is 46.6 Å². The summed E-state index contributed by atoms with van der Waals surface area (Å²) in [6, 6.07) is -0.511. The Morgan fingerprint density at radius 1 is 1.19 bits per heavy atom. The largest absolute Gasteiger partial charge is 0.481 e. The van der Waals surface area contributed by atoms with E-state index in [0.717, 1.165) is 26.1 Å². The third kappa shape index (κ3) is 5.91. The molecule has 0 aromatic heterocycles. The molecule has 1 aliphatic rings. The number of amides is 2. The lowest BCUT2D eigenvalue weighted by Crippen LogP contribution is -2.55. The summed E-state index contributed by atoms with van der Waals surface area (Å²) >= 11 is 0. The van der Waals surface area contributed by atoms with Crippen LogP contribution in [0.15, 0.2) is 0 Å². The third-order valence-corrected chi connectivity index (χ3v) is 3.92. The van der Waals surface area contributed by atoms with E-state index >= 15 is 0 Å². The highest BCUT2D eigenvalue weighted by Crippen LogP contribution is 2.22. The van der Waals surface area contributed by atoms with E-state index in [-0.39, 0.29) is 23.9 Å². The van der Waals surface area contributed by atoms with Crippen LogP contribution in [-0.4, -0.2) is 65.7 Å². The SMILES string of the molecule is CCCN1CCN(C(=O)NC(CC(=O)O)C(C)(C)C)CC1. The summed E-state index contributed by atoms with van der Waals surface area (Å²) in [5.74, 6) is -0.886. The number of nitrogens with one attached hydrogen (secondary N) is 1. The third-order valence-electron chi connectivity index (χ3n) is 3.92. The molecule has 6 heteroatoms. The number of hydrogen-bond acceptors (Lipinski definition) is 3. The standard InChI is InChI=1S/C15H29N3O3/c1-5-6-17-7-9-18(10-8-17)14(21)16-12(11-13(19)20)15(2,3)4/h12H,5-11H2,1-4H3,(H,16,21)(H,19,20). The molecule has 0 radical (unpaired) electrons. The van der Waals surface area contributed by atoms with Crippen molar-refractivity contribution >= 4 is 12.0 Å². The number of carbonyl (C=O) groups is 2. The normalized spacial score (nSPS) is 18.4. The lowest BCUT2D eigenvalue weighted by molar-refractivity contribution is -0.138. The van der Waals surface area contributed by atoms with Gasteiger partial charge in [0, 0.05) is 32.2 Å². The molecule has 1 heterocycles. The van der Waals surface area contributed by atoms with E-state index in [9.17, 15) is 9.59 Å². The zero-order chi connectivity index (χ0) is 16.0. The van der Waals surface area contributed by atoms with Crippen LogP contribution in [0.1, 0.15) is 40.5 Å². The first kappa shape index (κ1) is 17.8. The van der Waals surface area contributed by atoms with Crippen LogP contribution >= 0.6 is 0 Å². The Labute approximate surface area is 127 Å². The van der Waals surface area contributed by atoms with Crippen LogP contribution in [0.3, 0.4) is 0 Å². The van der Waals surface area contributed by atoms with Crippen LogP contribution in [0, 0.1) is 5.41 Å². The predicted molar refractivity (Wildman–Crippen MR) is 82.3 cm³/mol. The average Bonchev–Trinajstić information content (AvgIpc) is 2.37. The van der Waals surface area contributed by atoms with Gasteiger partial charge < -0.3 is 15.3 Å². The average molecular weight is 299 g/mol. The Bertz CT molecular complexity index is 358. The van der Waals surface area contributed by atoms with E-state index in [1.165, 1.54) is 0 Å². The van der Waals surface area contributed by atoms with Crippen molar-refractivity contribution in [3.63, 3.8) is 0 Å². The van der Waals surface area contributed by atoms with E-state index in [2.05, 4.69) is 17.1 Å². The fourth-order valence-electron chi connectivity index (χ4n) is 2.48. The summed E-state index contributed by atoms with van der Waals surface area (Å²) in [4.78, 5) is 27.4. The highest BCUT2D eigenvalue weighted by Gasteiger charge is 2.30. The molecule has 1 saturated heterocycles. The Kier molecular flexibility index (Phi) is 6.45. The van der Waals surface area contributed by atoms with Crippen LogP contribution < -0.4 is 5.32 Å². The summed E-state index contributed by atoms with van der Waals surface area (Å²) in [5, 5.41) is 11.9. The van der Waals surface area contributed by atoms with Crippen LogP contribution in [0.4, 0.5) is 4.79 Å². The first-order valence-electron chi connectivity index (χ1n) is 7.73. The molecule has 1 atom stereocenters. The molecule has 122 valence electrons. The molecule has 1 rings (SSSR count). The predicted octanol–water partition coefficient (Wildman–Crippen LogP) is 1.61. The molecule has 1 fully saturated rings. The number of urea groups is 1. The van der Waals surface area contributed by atoms with Crippen LogP contribution in [0.2, 0.25) is 0 Å². The lowest BCUT2D eigenvalue weighted by Gasteiger charge is -2.37. The fraction of sp³-hybridized carbons (Fsp3) is 0.867. The Hall–Kier alpha value is -1.30. The minimum atomic E-state index is -0.886. The first-order valence-corrected chi connectivity index (χ1v) is 7.73. The molecule has 21 heavy (non-hydrogen) atoms. The number of nitrogens with zero attached hydrogens (tertiary/aromatic N) is 2. The van der Waals surface area contributed by atoms with Gasteiger partial charge in [0.15, 0.2) is 0 Å². The van der Waals surface area contributed by atoms with Gasteiger partial charge in [-0.05, 0) is 18.4 Å². The molecule has 6 nitrogen and oxygen atoms in total. The van der Waals surface area contributed by atoms with Crippen molar-refractivity contribution in [3.8, 4) is 0 Å². The zero-order valence-electron chi connectivity index (χ0n) is 13.7. The van der Waals surface area contributed by atoms with Gasteiger partial charge in [-0.2, -0.15) is 0 Å². The second kappa shape index (κ2) is 7.64. The molecule has 2 N–H and O–H groups in total. The summed E-state index contributed by atoms with van der Waals surface area (Å²) in [6.07, 6.45) is 1.07. The maximum Gasteiger partial charge on any atom is 0.317 e. The maximum atomic E-state index is 12.3. The molecular formula is C15H29N3O3. The highest BCUT2D eigenvalue weighted by molar-refractivity contribution is 5.76. The summed E-state index contributed by atoms with van der Waals surface area (Å²) in [7, 11) is 0. The molecule has 1 unspecified atom stereocenters. The van der Waals surface area contributed by atoms with E-state index < -0.39 is 5.97 Å². The smallest absolute Gasteiger partial charge is 0.317 e. The molecule has 0 spiro atoms. The molecule has 2 amide bonds. The molecule has 0 bridgehead atoms. The van der Waals surface area contributed by atoms with Gasteiger partial charge in [0.1, 0.15) is 0 Å². The topological polar surface area (TPSA) is 72.9 Å². The van der Waals surface area contributed by atoms with Gasteiger partial charge in [0.05, 0.1) is 6.42 Å². The minimum Gasteiger partial charge on any atom is -0.481 e. The summed E-state index contributed by atoms with van der Waals surface area (Å²) < 4.78 is 0.